The molecule has 1 fully saturated rings. The lowest BCUT2D eigenvalue weighted by molar-refractivity contribution is -0.165. The molecular weight excluding hydrogens is 489 g/mol. The number of Topliss-reactive ketones (excluding diaryl/α,β-unsaturated/α-hetero) is 1. The van der Waals surface area contributed by atoms with Gasteiger partial charge in [-0.05, 0) is 70.3 Å². The van der Waals surface area contributed by atoms with Crippen molar-refractivity contribution in [3.05, 3.63) is 35.8 Å². The zero-order chi connectivity index (χ0) is 27.9. The van der Waals surface area contributed by atoms with Crippen molar-refractivity contribution in [2.75, 3.05) is 25.4 Å². The monoisotopic (exact) mass is 523 g/mol. The standard InChI is InChI=1S/C21H28FN3O2.C4H6O6/c1-21(2,27)13-25-10-7-14(8-11-25)5-6-18(26)16-12-17(22)19(23)15-4-3-9-24-20(15)16;5-1(3(7)8)2(6)4(9)10/h3-4,9,12,14,27H,5-8,10-11,13,23H2,1-2H3;1-2,5-6H,(H,7,8)(H,9,10). The number of likely N-dealkylation sites (tertiary alicyclic amines) is 1. The van der Waals surface area contributed by atoms with E-state index in [1.807, 2.05) is 13.8 Å². The van der Waals surface area contributed by atoms with E-state index < -0.39 is 35.6 Å². The van der Waals surface area contributed by atoms with Gasteiger partial charge in [-0.1, -0.05) is 0 Å². The maximum absolute atomic E-state index is 14.1. The molecule has 1 saturated heterocycles. The third kappa shape index (κ3) is 8.71. The van der Waals surface area contributed by atoms with Crippen molar-refractivity contribution in [3.63, 3.8) is 0 Å². The number of rotatable bonds is 9. The summed E-state index contributed by atoms with van der Waals surface area (Å²) in [5, 5.41) is 42.9. The van der Waals surface area contributed by atoms with Crippen molar-refractivity contribution < 1.29 is 44.3 Å². The Kier molecular flexibility index (Phi) is 10.4. The molecule has 37 heavy (non-hydrogen) atoms. The first kappa shape index (κ1) is 30.0. The number of nitrogens with zero attached hydrogens (tertiary/aromatic N) is 2. The minimum atomic E-state index is -2.27. The zero-order valence-corrected chi connectivity index (χ0v) is 20.8. The van der Waals surface area contributed by atoms with Crippen LogP contribution in [0, 0.1) is 11.7 Å². The molecule has 1 aliphatic rings. The van der Waals surface area contributed by atoms with E-state index in [9.17, 15) is 23.9 Å². The van der Waals surface area contributed by atoms with Crippen LogP contribution in [-0.2, 0) is 9.59 Å². The molecule has 1 aliphatic heterocycles. The molecule has 0 spiro atoms. The van der Waals surface area contributed by atoms with Crippen LogP contribution in [0.5, 0.6) is 0 Å². The summed E-state index contributed by atoms with van der Waals surface area (Å²) in [7, 11) is 0. The van der Waals surface area contributed by atoms with Gasteiger partial charge in [0.05, 0.1) is 16.8 Å². The van der Waals surface area contributed by atoms with E-state index in [-0.39, 0.29) is 11.5 Å². The van der Waals surface area contributed by atoms with Gasteiger partial charge in [-0.2, -0.15) is 0 Å². The SMILES string of the molecule is CC(C)(O)CN1CCC(CCC(=O)c2cc(F)c(N)c3cccnc23)CC1.O=C(O)C(O)C(O)C(=O)O. The molecule has 204 valence electrons. The van der Waals surface area contributed by atoms with Crippen LogP contribution in [0.25, 0.3) is 10.9 Å². The van der Waals surface area contributed by atoms with Gasteiger partial charge in [-0.25, -0.2) is 14.0 Å². The number of halogens is 1. The van der Waals surface area contributed by atoms with Crippen LogP contribution in [0.1, 0.15) is 49.9 Å². The van der Waals surface area contributed by atoms with E-state index in [1.54, 1.807) is 18.3 Å². The Hall–Kier alpha value is -3.19. The second-order valence-electron chi connectivity index (χ2n) is 9.78. The van der Waals surface area contributed by atoms with Crippen molar-refractivity contribution in [2.45, 2.75) is 57.3 Å². The largest absolute Gasteiger partial charge is 0.479 e. The number of nitrogens with two attached hydrogens (primary N) is 1. The summed E-state index contributed by atoms with van der Waals surface area (Å²) in [6, 6.07) is 4.60. The number of β-amino-alcohol motifs (C(OH)–C–C–N with tert-alkyl or cyclic N) is 1. The number of hydrogen-bond donors (Lipinski definition) is 6. The number of carbonyl (C=O) groups is 3. The minimum absolute atomic E-state index is 0.0360. The average molecular weight is 524 g/mol. The number of fused-ring (bicyclic) bond motifs is 1. The van der Waals surface area contributed by atoms with Gasteiger partial charge in [0.15, 0.2) is 18.0 Å². The number of ketones is 1. The molecule has 0 amide bonds. The van der Waals surface area contributed by atoms with Crippen LogP contribution in [-0.4, -0.2) is 90.6 Å². The highest BCUT2D eigenvalue weighted by Gasteiger charge is 2.29. The summed E-state index contributed by atoms with van der Waals surface area (Å²) >= 11 is 0. The molecular formula is C25H34FN3O8. The van der Waals surface area contributed by atoms with Crippen molar-refractivity contribution in [1.82, 2.24) is 9.88 Å². The molecule has 7 N–H and O–H groups in total. The van der Waals surface area contributed by atoms with Crippen LogP contribution in [0.2, 0.25) is 0 Å². The molecule has 0 radical (unpaired) electrons. The Morgan fingerprint density at radius 3 is 2.24 bits per heavy atom. The normalized spacial score (nSPS) is 16.5. The van der Waals surface area contributed by atoms with Crippen LogP contribution >= 0.6 is 0 Å². The van der Waals surface area contributed by atoms with E-state index >= 15 is 0 Å². The number of aliphatic carboxylic acids is 2. The number of carboxylic acids is 2. The van der Waals surface area contributed by atoms with Crippen LogP contribution in [0.4, 0.5) is 10.1 Å². The number of nitrogen functional groups attached to an aromatic ring is 1. The number of anilines is 1. The van der Waals surface area contributed by atoms with Crippen molar-refractivity contribution in [1.29, 1.82) is 0 Å². The number of piperidine rings is 1. The highest BCUT2D eigenvalue weighted by Crippen LogP contribution is 2.29. The predicted molar refractivity (Wildman–Crippen MR) is 132 cm³/mol. The molecule has 11 nitrogen and oxygen atoms in total. The summed E-state index contributed by atoms with van der Waals surface area (Å²) in [6.07, 6.45) is 0.252. The van der Waals surface area contributed by atoms with Gasteiger partial charge in [-0.15, -0.1) is 0 Å². The number of benzene rings is 1. The number of aliphatic hydroxyl groups is 3. The van der Waals surface area contributed by atoms with Gasteiger partial charge in [0.1, 0.15) is 5.82 Å². The molecule has 1 aromatic carbocycles. The molecule has 0 saturated carbocycles. The van der Waals surface area contributed by atoms with Crippen molar-refractivity contribution in [2.24, 2.45) is 5.92 Å². The van der Waals surface area contributed by atoms with Gasteiger partial charge < -0.3 is 36.2 Å². The number of aromatic nitrogens is 1. The molecule has 12 heteroatoms. The molecule has 0 bridgehead atoms. The third-order valence-electron chi connectivity index (χ3n) is 6.08. The first-order valence-electron chi connectivity index (χ1n) is 11.8. The lowest BCUT2D eigenvalue weighted by Crippen LogP contribution is -2.42. The Balaban J connectivity index is 0.000000410. The lowest BCUT2D eigenvalue weighted by atomic mass is 9.89. The first-order chi connectivity index (χ1) is 17.2. The Labute approximate surface area is 213 Å². The fourth-order valence-electron chi connectivity index (χ4n) is 4.17. The van der Waals surface area contributed by atoms with E-state index in [2.05, 4.69) is 9.88 Å². The summed E-state index contributed by atoms with van der Waals surface area (Å²) in [5.41, 5.74) is 5.93. The number of hydrogen-bond acceptors (Lipinski definition) is 9. The molecule has 2 atom stereocenters. The van der Waals surface area contributed by atoms with Gasteiger partial charge in [-0.3, -0.25) is 9.78 Å². The van der Waals surface area contributed by atoms with E-state index in [0.717, 1.165) is 32.4 Å². The van der Waals surface area contributed by atoms with Gasteiger partial charge >= 0.3 is 11.9 Å². The third-order valence-corrected chi connectivity index (χ3v) is 6.08. The smallest absolute Gasteiger partial charge is 0.335 e. The van der Waals surface area contributed by atoms with Crippen LogP contribution < -0.4 is 5.73 Å². The van der Waals surface area contributed by atoms with Gasteiger partial charge in [0, 0.05) is 30.1 Å². The topological polar surface area (TPSA) is 195 Å². The van der Waals surface area contributed by atoms with Gasteiger partial charge in [0.25, 0.3) is 0 Å². The molecule has 2 unspecified atom stereocenters. The average Bonchev–Trinajstić information content (AvgIpc) is 2.84. The van der Waals surface area contributed by atoms with Crippen molar-refractivity contribution >= 4 is 34.3 Å². The maximum atomic E-state index is 14.1. The molecule has 0 aliphatic carbocycles. The zero-order valence-electron chi connectivity index (χ0n) is 20.8. The maximum Gasteiger partial charge on any atom is 0.335 e. The number of pyridine rings is 1. The number of aliphatic hydroxyl groups excluding tert-OH is 2. The Bertz CT molecular complexity index is 1100. The second kappa shape index (κ2) is 12.9. The van der Waals surface area contributed by atoms with Crippen molar-refractivity contribution in [3.8, 4) is 0 Å². The summed E-state index contributed by atoms with van der Waals surface area (Å²) in [6.45, 7) is 6.18. The summed E-state index contributed by atoms with van der Waals surface area (Å²) < 4.78 is 14.1. The van der Waals surface area contributed by atoms with E-state index in [0.29, 0.717) is 35.3 Å². The highest BCUT2D eigenvalue weighted by atomic mass is 19.1. The van der Waals surface area contributed by atoms with Crippen LogP contribution in [0.3, 0.4) is 0 Å². The number of carbonyl (C=O) groups excluding carboxylic acids is 1. The fraction of sp³-hybridized carbons (Fsp3) is 0.520. The van der Waals surface area contributed by atoms with E-state index in [1.165, 1.54) is 6.07 Å². The minimum Gasteiger partial charge on any atom is -0.479 e. The summed E-state index contributed by atoms with van der Waals surface area (Å²) in [5.74, 6) is -3.72. The Morgan fingerprint density at radius 2 is 1.73 bits per heavy atom. The lowest BCUT2D eigenvalue weighted by Gasteiger charge is -2.35. The predicted octanol–water partition coefficient (Wildman–Crippen LogP) is 1.28. The second-order valence-corrected chi connectivity index (χ2v) is 9.78. The molecule has 3 rings (SSSR count). The first-order valence-corrected chi connectivity index (χ1v) is 11.8. The summed E-state index contributed by atoms with van der Waals surface area (Å²) in [4.78, 5) is 38.8. The van der Waals surface area contributed by atoms with E-state index in [4.69, 9.17) is 26.2 Å². The Morgan fingerprint density at radius 1 is 1.16 bits per heavy atom. The van der Waals surface area contributed by atoms with Gasteiger partial charge in [0.2, 0.25) is 0 Å². The highest BCUT2D eigenvalue weighted by molar-refractivity contribution is 6.09. The van der Waals surface area contributed by atoms with Crippen LogP contribution in [0.15, 0.2) is 24.4 Å². The molecule has 2 aromatic rings. The quantitative estimate of drug-likeness (QED) is 0.205. The molecule has 2 heterocycles. The molecule has 1 aromatic heterocycles. The number of carboxylic acid groups (broad SMARTS) is 2. The fourth-order valence-corrected chi connectivity index (χ4v) is 4.17.